The van der Waals surface area contributed by atoms with Crippen LogP contribution in [0, 0.1) is 12.7 Å². The summed E-state index contributed by atoms with van der Waals surface area (Å²) in [5.41, 5.74) is 7.81. The lowest BCUT2D eigenvalue weighted by molar-refractivity contribution is 0.577. The first kappa shape index (κ1) is 19.8. The minimum atomic E-state index is -0.386. The molecule has 0 amide bonds. The first-order valence-corrected chi connectivity index (χ1v) is 9.82. The van der Waals surface area contributed by atoms with Crippen molar-refractivity contribution >= 4 is 39.0 Å². The van der Waals surface area contributed by atoms with Gasteiger partial charge in [0.1, 0.15) is 17.5 Å². The number of benzene rings is 1. The molecule has 30 heavy (non-hydrogen) atoms. The number of aryl methyl sites for hydroxylation is 1. The maximum atomic E-state index is 14.3. The average Bonchev–Trinajstić information content (AvgIpc) is 3.06. The largest absolute Gasteiger partial charge is 0.366 e. The van der Waals surface area contributed by atoms with E-state index in [9.17, 15) is 9.18 Å². The summed E-state index contributed by atoms with van der Waals surface area (Å²) in [7, 11) is 0. The molecule has 0 saturated heterocycles. The Morgan fingerprint density at radius 2 is 2.10 bits per heavy atom. The molecular formula is C21H24FN7O. The number of hydrogen-bond acceptors (Lipinski definition) is 6. The summed E-state index contributed by atoms with van der Waals surface area (Å²) < 4.78 is 14.3. The molecule has 9 heteroatoms. The summed E-state index contributed by atoms with van der Waals surface area (Å²) in [6.45, 7) is 5.85. The van der Waals surface area contributed by atoms with Crippen LogP contribution in [0.2, 0.25) is 0 Å². The molecule has 0 saturated carbocycles. The van der Waals surface area contributed by atoms with Crippen LogP contribution in [0.1, 0.15) is 25.8 Å². The molecule has 1 aromatic carbocycles. The first-order valence-electron chi connectivity index (χ1n) is 9.82. The molecule has 0 aliphatic rings. The van der Waals surface area contributed by atoms with E-state index in [0.29, 0.717) is 28.1 Å². The van der Waals surface area contributed by atoms with E-state index in [0.717, 1.165) is 22.9 Å². The minimum absolute atomic E-state index is 0.00434. The maximum absolute atomic E-state index is 14.3. The van der Waals surface area contributed by atoms with Crippen molar-refractivity contribution in [3.05, 3.63) is 52.3 Å². The summed E-state index contributed by atoms with van der Waals surface area (Å²) in [5, 5.41) is 14.5. The highest BCUT2D eigenvalue weighted by Crippen LogP contribution is 2.31. The van der Waals surface area contributed by atoms with Gasteiger partial charge in [-0.15, -0.1) is 0 Å². The second kappa shape index (κ2) is 7.75. The van der Waals surface area contributed by atoms with Crippen LogP contribution in [0.25, 0.3) is 21.7 Å². The van der Waals surface area contributed by atoms with Crippen molar-refractivity contribution in [3.8, 4) is 0 Å². The van der Waals surface area contributed by atoms with Crippen molar-refractivity contribution in [1.82, 2.24) is 20.2 Å². The van der Waals surface area contributed by atoms with Gasteiger partial charge in [-0.05, 0) is 44.0 Å². The van der Waals surface area contributed by atoms with Crippen molar-refractivity contribution in [2.24, 2.45) is 5.73 Å². The Kier molecular flexibility index (Phi) is 5.13. The van der Waals surface area contributed by atoms with E-state index in [2.05, 4.69) is 30.8 Å². The standard InChI is InChI=1S/C21H24FN7O/c1-4-15(11(3)23)26-17-5-12-9-25-29-21(30)18(12)20(28-17)27-16-7-13(22)6-14-10(2)8-24-19(14)16/h5-9,11,15,24H,4,23H2,1-3H3,(H,29,30)(H2,26,27,28). The van der Waals surface area contributed by atoms with E-state index in [1.54, 1.807) is 12.3 Å². The maximum Gasteiger partial charge on any atom is 0.275 e. The van der Waals surface area contributed by atoms with Crippen molar-refractivity contribution in [2.75, 3.05) is 10.6 Å². The SMILES string of the molecule is CCC(Nc1cc2cn[nH]c(=O)c2c(Nc2cc(F)cc3c(C)c[nH]c23)n1)C(C)N. The van der Waals surface area contributed by atoms with E-state index in [-0.39, 0.29) is 23.5 Å². The Labute approximate surface area is 172 Å². The molecule has 3 aromatic heterocycles. The highest BCUT2D eigenvalue weighted by Gasteiger charge is 2.17. The van der Waals surface area contributed by atoms with Crippen LogP contribution in [0.5, 0.6) is 0 Å². The van der Waals surface area contributed by atoms with Crippen LogP contribution in [-0.2, 0) is 0 Å². The lowest BCUT2D eigenvalue weighted by Gasteiger charge is -2.22. The smallest absolute Gasteiger partial charge is 0.275 e. The number of nitrogens with zero attached hydrogens (tertiary/aromatic N) is 2. The number of hydrogen-bond donors (Lipinski definition) is 5. The normalized spacial score (nSPS) is 13.5. The van der Waals surface area contributed by atoms with Crippen molar-refractivity contribution < 1.29 is 4.39 Å². The van der Waals surface area contributed by atoms with Crippen LogP contribution in [-0.4, -0.2) is 32.2 Å². The predicted molar refractivity (Wildman–Crippen MR) is 118 cm³/mol. The lowest BCUT2D eigenvalue weighted by Crippen LogP contribution is -2.37. The lowest BCUT2D eigenvalue weighted by atomic mass is 10.1. The van der Waals surface area contributed by atoms with E-state index < -0.39 is 0 Å². The fourth-order valence-corrected chi connectivity index (χ4v) is 3.64. The molecule has 2 atom stereocenters. The summed E-state index contributed by atoms with van der Waals surface area (Å²) >= 11 is 0. The molecule has 0 spiro atoms. The number of H-pyrrole nitrogens is 2. The topological polar surface area (TPSA) is 125 Å². The van der Waals surface area contributed by atoms with Gasteiger partial charge in [-0.2, -0.15) is 5.10 Å². The van der Waals surface area contributed by atoms with Crippen LogP contribution < -0.4 is 21.9 Å². The Bertz CT molecular complexity index is 1280. The number of rotatable bonds is 6. The quantitative estimate of drug-likeness (QED) is 0.332. The fourth-order valence-electron chi connectivity index (χ4n) is 3.64. The van der Waals surface area contributed by atoms with Gasteiger partial charge in [0.25, 0.3) is 5.56 Å². The van der Waals surface area contributed by atoms with Gasteiger partial charge in [-0.25, -0.2) is 14.5 Å². The molecular weight excluding hydrogens is 385 g/mol. The number of aromatic amines is 2. The number of anilines is 3. The van der Waals surface area contributed by atoms with Crippen molar-refractivity contribution in [1.29, 1.82) is 0 Å². The van der Waals surface area contributed by atoms with Gasteiger partial charge in [-0.1, -0.05) is 6.92 Å². The van der Waals surface area contributed by atoms with Gasteiger partial charge in [0, 0.05) is 29.1 Å². The highest BCUT2D eigenvalue weighted by molar-refractivity contribution is 5.99. The molecule has 156 valence electrons. The number of fused-ring (bicyclic) bond motifs is 2. The predicted octanol–water partition coefficient (Wildman–Crippen LogP) is 3.53. The van der Waals surface area contributed by atoms with Crippen molar-refractivity contribution in [3.63, 3.8) is 0 Å². The zero-order chi connectivity index (χ0) is 21.4. The van der Waals surface area contributed by atoms with Gasteiger partial charge >= 0.3 is 0 Å². The number of halogens is 1. The monoisotopic (exact) mass is 409 g/mol. The third-order valence-corrected chi connectivity index (χ3v) is 5.27. The van der Waals surface area contributed by atoms with E-state index in [1.165, 1.54) is 12.1 Å². The van der Waals surface area contributed by atoms with Gasteiger partial charge in [-0.3, -0.25) is 4.79 Å². The molecule has 3 heterocycles. The molecule has 8 nitrogen and oxygen atoms in total. The van der Waals surface area contributed by atoms with Gasteiger partial charge in [0.2, 0.25) is 0 Å². The second-order valence-corrected chi connectivity index (χ2v) is 7.51. The molecule has 0 aliphatic heterocycles. The zero-order valence-corrected chi connectivity index (χ0v) is 17.0. The Hall–Kier alpha value is -3.46. The van der Waals surface area contributed by atoms with Crippen LogP contribution >= 0.6 is 0 Å². The Balaban J connectivity index is 1.86. The third-order valence-electron chi connectivity index (χ3n) is 5.27. The number of pyridine rings is 1. The third kappa shape index (κ3) is 3.59. The molecule has 4 aromatic rings. The van der Waals surface area contributed by atoms with E-state index in [4.69, 9.17) is 5.73 Å². The molecule has 0 fully saturated rings. The van der Waals surface area contributed by atoms with Crippen LogP contribution in [0.4, 0.5) is 21.7 Å². The second-order valence-electron chi connectivity index (χ2n) is 7.51. The summed E-state index contributed by atoms with van der Waals surface area (Å²) in [4.78, 5) is 20.3. The fraction of sp³-hybridized carbons (Fsp3) is 0.286. The van der Waals surface area contributed by atoms with Gasteiger partial charge in [0.05, 0.1) is 22.8 Å². The molecule has 4 rings (SSSR count). The van der Waals surface area contributed by atoms with Gasteiger partial charge in [0.15, 0.2) is 0 Å². The zero-order valence-electron chi connectivity index (χ0n) is 17.0. The number of nitrogens with one attached hydrogen (secondary N) is 4. The molecule has 0 bridgehead atoms. The van der Waals surface area contributed by atoms with Crippen LogP contribution in [0.15, 0.2) is 35.4 Å². The molecule has 0 aliphatic carbocycles. The summed E-state index contributed by atoms with van der Waals surface area (Å²) in [5.74, 6) is 0.471. The van der Waals surface area contributed by atoms with Crippen molar-refractivity contribution in [2.45, 2.75) is 39.3 Å². The average molecular weight is 409 g/mol. The Morgan fingerprint density at radius 3 is 2.83 bits per heavy atom. The number of aromatic nitrogens is 4. The first-order chi connectivity index (χ1) is 14.4. The van der Waals surface area contributed by atoms with E-state index in [1.807, 2.05) is 27.0 Å². The molecule has 0 radical (unpaired) electrons. The van der Waals surface area contributed by atoms with Gasteiger partial charge < -0.3 is 21.4 Å². The van der Waals surface area contributed by atoms with Crippen LogP contribution in [0.3, 0.4) is 0 Å². The Morgan fingerprint density at radius 1 is 1.30 bits per heavy atom. The minimum Gasteiger partial charge on any atom is -0.366 e. The molecule has 2 unspecified atom stereocenters. The number of nitrogens with two attached hydrogens (primary N) is 1. The molecule has 6 N–H and O–H groups in total. The summed E-state index contributed by atoms with van der Waals surface area (Å²) in [6, 6.07) is 4.52. The highest BCUT2D eigenvalue weighted by atomic mass is 19.1. The van der Waals surface area contributed by atoms with E-state index >= 15 is 0 Å². The summed E-state index contributed by atoms with van der Waals surface area (Å²) in [6.07, 6.45) is 4.17.